The van der Waals surface area contributed by atoms with Crippen molar-refractivity contribution in [2.45, 2.75) is 60.5 Å². The van der Waals surface area contributed by atoms with Gasteiger partial charge in [0.05, 0.1) is 24.8 Å². The first kappa shape index (κ1) is 21.0. The molecular formula is C23H31N3O3. The van der Waals surface area contributed by atoms with Gasteiger partial charge in [0.1, 0.15) is 5.76 Å². The smallest absolute Gasteiger partial charge is 0.225 e. The summed E-state index contributed by atoms with van der Waals surface area (Å²) in [5, 5.41) is 8.62. The molecule has 1 amide bonds. The second kappa shape index (κ2) is 8.72. The molecule has 0 saturated carbocycles. The molecule has 0 fully saturated rings. The summed E-state index contributed by atoms with van der Waals surface area (Å²) >= 11 is 0. The van der Waals surface area contributed by atoms with Gasteiger partial charge < -0.3 is 14.5 Å². The van der Waals surface area contributed by atoms with Crippen molar-refractivity contribution in [1.29, 1.82) is 0 Å². The number of para-hydroxylation sites is 1. The van der Waals surface area contributed by atoms with Gasteiger partial charge in [-0.15, -0.1) is 0 Å². The van der Waals surface area contributed by atoms with E-state index in [-0.39, 0.29) is 11.9 Å². The standard InChI is InChI=1S/C23H31N3O3/c1-7-28-20-10-8-9-18-11-21(29-23(18)20)16(5)24-22(27)12-19-15(4)25-26(17(19)6)13-14(2)3/h8-11,14,16H,7,12-13H2,1-6H3,(H,24,27). The lowest BCUT2D eigenvalue weighted by atomic mass is 10.1. The fraction of sp³-hybridized carbons (Fsp3) is 0.478. The van der Waals surface area contributed by atoms with Crippen LogP contribution in [0, 0.1) is 19.8 Å². The van der Waals surface area contributed by atoms with Crippen LogP contribution < -0.4 is 10.1 Å². The summed E-state index contributed by atoms with van der Waals surface area (Å²) in [6.45, 7) is 13.6. The normalized spacial score (nSPS) is 12.5. The number of nitrogens with zero attached hydrogens (tertiary/aromatic N) is 2. The number of amides is 1. The molecule has 2 heterocycles. The van der Waals surface area contributed by atoms with Crippen molar-refractivity contribution in [2.24, 2.45) is 5.92 Å². The van der Waals surface area contributed by atoms with E-state index in [1.807, 2.05) is 56.6 Å². The number of rotatable bonds is 8. The highest BCUT2D eigenvalue weighted by Gasteiger charge is 2.19. The van der Waals surface area contributed by atoms with Crippen LogP contribution in [0.2, 0.25) is 0 Å². The minimum Gasteiger partial charge on any atom is -0.490 e. The summed E-state index contributed by atoms with van der Waals surface area (Å²) in [6.07, 6.45) is 0.310. The van der Waals surface area contributed by atoms with Crippen molar-refractivity contribution in [3.05, 3.63) is 47.0 Å². The maximum absolute atomic E-state index is 12.7. The van der Waals surface area contributed by atoms with Crippen LogP contribution in [-0.2, 0) is 17.8 Å². The second-order valence-electron chi connectivity index (χ2n) is 7.95. The van der Waals surface area contributed by atoms with Gasteiger partial charge in [0.2, 0.25) is 5.91 Å². The molecular weight excluding hydrogens is 366 g/mol. The molecule has 1 atom stereocenters. The van der Waals surface area contributed by atoms with Gasteiger partial charge >= 0.3 is 0 Å². The molecule has 0 aliphatic heterocycles. The van der Waals surface area contributed by atoms with Crippen molar-refractivity contribution < 1.29 is 13.9 Å². The van der Waals surface area contributed by atoms with Crippen molar-refractivity contribution in [3.63, 3.8) is 0 Å². The average Bonchev–Trinajstić information content (AvgIpc) is 3.19. The average molecular weight is 398 g/mol. The fourth-order valence-electron chi connectivity index (χ4n) is 3.58. The Kier molecular flexibility index (Phi) is 6.30. The molecule has 1 aromatic carbocycles. The number of aryl methyl sites for hydroxylation is 1. The number of nitrogens with one attached hydrogen (secondary N) is 1. The number of hydrogen-bond acceptors (Lipinski definition) is 4. The van der Waals surface area contributed by atoms with Gasteiger partial charge in [0, 0.05) is 23.2 Å². The monoisotopic (exact) mass is 397 g/mol. The minimum absolute atomic E-state index is 0.0433. The summed E-state index contributed by atoms with van der Waals surface area (Å²) in [7, 11) is 0. The van der Waals surface area contributed by atoms with E-state index in [1.54, 1.807) is 0 Å². The Hall–Kier alpha value is -2.76. The summed E-state index contributed by atoms with van der Waals surface area (Å²) in [5.74, 6) is 1.89. The first-order chi connectivity index (χ1) is 13.8. The van der Waals surface area contributed by atoms with E-state index >= 15 is 0 Å². The third-order valence-electron chi connectivity index (χ3n) is 5.04. The van der Waals surface area contributed by atoms with E-state index in [2.05, 4.69) is 24.3 Å². The highest BCUT2D eigenvalue weighted by molar-refractivity contribution is 5.84. The third kappa shape index (κ3) is 4.63. The third-order valence-corrected chi connectivity index (χ3v) is 5.04. The molecule has 0 saturated heterocycles. The topological polar surface area (TPSA) is 69.3 Å². The molecule has 3 rings (SSSR count). The fourth-order valence-corrected chi connectivity index (χ4v) is 3.58. The number of aromatic nitrogens is 2. The summed E-state index contributed by atoms with van der Waals surface area (Å²) in [4.78, 5) is 12.7. The lowest BCUT2D eigenvalue weighted by molar-refractivity contribution is -0.121. The quantitative estimate of drug-likeness (QED) is 0.597. The highest BCUT2D eigenvalue weighted by atomic mass is 16.5. The van der Waals surface area contributed by atoms with E-state index < -0.39 is 0 Å². The Bertz CT molecular complexity index is 1000. The number of carbonyl (C=O) groups excluding carboxylic acids is 1. The Morgan fingerprint density at radius 2 is 2.03 bits per heavy atom. The molecule has 6 heteroatoms. The van der Waals surface area contributed by atoms with Crippen LogP contribution in [0.4, 0.5) is 0 Å². The van der Waals surface area contributed by atoms with E-state index in [0.29, 0.717) is 30.3 Å². The van der Waals surface area contributed by atoms with Gasteiger partial charge in [0.15, 0.2) is 11.3 Å². The Labute approximate surface area is 172 Å². The van der Waals surface area contributed by atoms with Crippen molar-refractivity contribution >= 4 is 16.9 Å². The SMILES string of the molecule is CCOc1cccc2cc(C(C)NC(=O)Cc3c(C)nn(CC(C)C)c3C)oc12. The second-order valence-corrected chi connectivity index (χ2v) is 7.95. The highest BCUT2D eigenvalue weighted by Crippen LogP contribution is 2.31. The summed E-state index contributed by atoms with van der Waals surface area (Å²) in [6, 6.07) is 7.53. The molecule has 2 aromatic heterocycles. The van der Waals surface area contributed by atoms with Crippen molar-refractivity contribution in [3.8, 4) is 5.75 Å². The number of carbonyl (C=O) groups is 1. The van der Waals surface area contributed by atoms with Crippen LogP contribution in [0.15, 0.2) is 28.7 Å². The molecule has 0 aliphatic carbocycles. The predicted molar refractivity (Wildman–Crippen MR) is 114 cm³/mol. The minimum atomic E-state index is -0.240. The van der Waals surface area contributed by atoms with Gasteiger partial charge in [-0.25, -0.2) is 0 Å². The van der Waals surface area contributed by atoms with Crippen molar-refractivity contribution in [2.75, 3.05) is 6.61 Å². The molecule has 0 radical (unpaired) electrons. The number of furan rings is 1. The molecule has 0 spiro atoms. The zero-order chi connectivity index (χ0) is 21.1. The first-order valence-corrected chi connectivity index (χ1v) is 10.3. The Morgan fingerprint density at radius 1 is 1.28 bits per heavy atom. The van der Waals surface area contributed by atoms with E-state index in [1.165, 1.54) is 0 Å². The molecule has 0 aliphatic rings. The largest absolute Gasteiger partial charge is 0.490 e. The molecule has 1 N–H and O–H groups in total. The van der Waals surface area contributed by atoms with Gasteiger partial charge in [-0.2, -0.15) is 5.10 Å². The number of ether oxygens (including phenoxy) is 1. The lowest BCUT2D eigenvalue weighted by Gasteiger charge is -2.12. The van der Waals surface area contributed by atoms with E-state index in [4.69, 9.17) is 9.15 Å². The predicted octanol–water partition coefficient (Wildman–Crippen LogP) is 4.72. The number of benzene rings is 1. The molecule has 1 unspecified atom stereocenters. The molecule has 29 heavy (non-hydrogen) atoms. The maximum Gasteiger partial charge on any atom is 0.225 e. The number of hydrogen-bond donors (Lipinski definition) is 1. The molecule has 156 valence electrons. The van der Waals surface area contributed by atoms with E-state index in [0.717, 1.165) is 34.6 Å². The first-order valence-electron chi connectivity index (χ1n) is 10.3. The van der Waals surface area contributed by atoms with Crippen LogP contribution in [0.1, 0.15) is 56.4 Å². The number of fused-ring (bicyclic) bond motifs is 1. The summed E-state index contributed by atoms with van der Waals surface area (Å²) < 4.78 is 13.6. The molecule has 0 bridgehead atoms. The van der Waals surface area contributed by atoms with Crippen LogP contribution in [0.25, 0.3) is 11.0 Å². The lowest BCUT2D eigenvalue weighted by Crippen LogP contribution is -2.28. The van der Waals surface area contributed by atoms with Crippen LogP contribution in [0.5, 0.6) is 5.75 Å². The summed E-state index contributed by atoms with van der Waals surface area (Å²) in [5.41, 5.74) is 3.69. The van der Waals surface area contributed by atoms with Gasteiger partial charge in [-0.1, -0.05) is 26.0 Å². The molecule has 3 aromatic rings. The van der Waals surface area contributed by atoms with Crippen LogP contribution >= 0.6 is 0 Å². The zero-order valence-electron chi connectivity index (χ0n) is 18.2. The van der Waals surface area contributed by atoms with Gasteiger partial charge in [-0.3, -0.25) is 9.48 Å². The Morgan fingerprint density at radius 3 is 2.72 bits per heavy atom. The maximum atomic E-state index is 12.7. The van der Waals surface area contributed by atoms with E-state index in [9.17, 15) is 4.79 Å². The zero-order valence-corrected chi connectivity index (χ0v) is 18.2. The van der Waals surface area contributed by atoms with Crippen molar-refractivity contribution in [1.82, 2.24) is 15.1 Å². The Balaban J connectivity index is 1.72. The van der Waals surface area contributed by atoms with Crippen LogP contribution in [-0.4, -0.2) is 22.3 Å². The van der Waals surface area contributed by atoms with Crippen LogP contribution in [0.3, 0.4) is 0 Å². The van der Waals surface area contributed by atoms with Gasteiger partial charge in [-0.05, 0) is 45.7 Å². The van der Waals surface area contributed by atoms with Gasteiger partial charge in [0.25, 0.3) is 0 Å². The molecule has 6 nitrogen and oxygen atoms in total.